The molecule has 0 radical (unpaired) electrons. The minimum absolute atomic E-state index is 0.0561. The number of rotatable bonds is 11. The van der Waals surface area contributed by atoms with E-state index >= 15 is 0 Å². The Labute approximate surface area is 626 Å². The molecule has 0 amide bonds. The first kappa shape index (κ1) is 73.0. The van der Waals surface area contributed by atoms with Gasteiger partial charge in [-0.2, -0.15) is 0 Å². The van der Waals surface area contributed by atoms with Gasteiger partial charge >= 0.3 is 0 Å². The fourth-order valence-corrected chi connectivity index (χ4v) is 15.4. The van der Waals surface area contributed by atoms with Gasteiger partial charge in [0.05, 0.1) is 11.4 Å². The van der Waals surface area contributed by atoms with Crippen molar-refractivity contribution in [2.75, 3.05) is 0 Å². The first-order valence-corrected chi connectivity index (χ1v) is 38.4. The second kappa shape index (κ2) is 29.7. The van der Waals surface area contributed by atoms with Crippen molar-refractivity contribution in [3.8, 4) is 67.0 Å². The molecule has 0 unspecified atom stereocenters. The number of aromatic nitrogens is 2. The molecule has 0 bridgehead atoms. The number of hydrogen-bond donors (Lipinski definition) is 0. The van der Waals surface area contributed by atoms with Crippen molar-refractivity contribution in [3.63, 3.8) is 0 Å². The van der Waals surface area contributed by atoms with Gasteiger partial charge in [-0.25, -0.2) is 0 Å². The SMILES string of the molecule is CC(C)(C)c1ccnc(-c2c3ccccc3c(-c3cc(C(C)(C)C)ccn3)c3ccccc23)c1.CC(C)c1cc(-c2c3ccccc3c(-c3cc(C(C)C)cc(C(C)C)c3)c3ccccc23)cc(C(C)C)c1.CC(C)c1ccc(-c2c3ccccc3c(-c3ccc(C(C)(C)C)cc3)c3ccccc23)cc1. The van der Waals surface area contributed by atoms with Gasteiger partial charge in [-0.15, -0.1) is 0 Å². The summed E-state index contributed by atoms with van der Waals surface area (Å²) in [6.07, 6.45) is 3.89. The average Bonchev–Trinajstić information content (AvgIpc) is 0.749. The van der Waals surface area contributed by atoms with Gasteiger partial charge in [-0.1, -0.05) is 362 Å². The van der Waals surface area contributed by atoms with E-state index in [2.05, 4.69) is 386 Å². The second-order valence-corrected chi connectivity index (χ2v) is 33.9. The third-order valence-electron chi connectivity index (χ3n) is 21.7. The molecule has 0 saturated carbocycles. The molecule has 2 aromatic heterocycles. The van der Waals surface area contributed by atoms with Gasteiger partial charge in [0, 0.05) is 23.5 Å². The highest BCUT2D eigenvalue weighted by molar-refractivity contribution is 6.24. The highest BCUT2D eigenvalue weighted by atomic mass is 14.7. The second-order valence-electron chi connectivity index (χ2n) is 33.9. The molecular weight excluding hydrogens is 1270 g/mol. The predicted molar refractivity (Wildman–Crippen MR) is 459 cm³/mol. The summed E-state index contributed by atoms with van der Waals surface area (Å²) in [7, 11) is 0. The molecule has 0 spiro atoms. The van der Waals surface area contributed by atoms with Crippen LogP contribution in [0.2, 0.25) is 0 Å². The van der Waals surface area contributed by atoms with Crippen molar-refractivity contribution < 1.29 is 0 Å². The topological polar surface area (TPSA) is 25.8 Å². The summed E-state index contributed by atoms with van der Waals surface area (Å²) < 4.78 is 0. The molecule has 13 aromatic carbocycles. The molecule has 528 valence electrons. The quantitative estimate of drug-likeness (QED) is 0.121. The normalized spacial score (nSPS) is 12.2. The number of hydrogen-bond acceptors (Lipinski definition) is 2. The Bertz CT molecular complexity index is 5220. The van der Waals surface area contributed by atoms with Crippen LogP contribution in [0.1, 0.15) is 206 Å². The first-order valence-electron chi connectivity index (χ1n) is 38.4. The summed E-state index contributed by atoms with van der Waals surface area (Å²) in [5.74, 6) is 2.47. The molecule has 15 rings (SSSR count). The van der Waals surface area contributed by atoms with Crippen LogP contribution in [0.15, 0.2) is 267 Å². The van der Waals surface area contributed by atoms with Crippen molar-refractivity contribution in [2.24, 2.45) is 0 Å². The predicted octanol–water partition coefficient (Wildman–Crippen LogP) is 30.3. The average molecular weight is 1370 g/mol. The van der Waals surface area contributed by atoms with Crippen LogP contribution in [0.5, 0.6) is 0 Å². The van der Waals surface area contributed by atoms with E-state index < -0.39 is 0 Å². The van der Waals surface area contributed by atoms with Gasteiger partial charge in [0.2, 0.25) is 0 Å². The molecule has 2 heterocycles. The maximum absolute atomic E-state index is 4.86. The Morgan fingerprint density at radius 2 is 0.419 bits per heavy atom. The molecule has 0 atom stereocenters. The Morgan fingerprint density at radius 1 is 0.200 bits per heavy atom. The zero-order valence-electron chi connectivity index (χ0n) is 65.7. The van der Waals surface area contributed by atoms with Gasteiger partial charge in [-0.3, -0.25) is 9.97 Å². The third kappa shape index (κ3) is 14.9. The highest BCUT2D eigenvalue weighted by Crippen LogP contribution is 2.49. The Balaban J connectivity index is 0.000000140. The zero-order valence-corrected chi connectivity index (χ0v) is 65.7. The van der Waals surface area contributed by atoms with Crippen molar-refractivity contribution in [2.45, 2.75) is 177 Å². The van der Waals surface area contributed by atoms with Gasteiger partial charge < -0.3 is 0 Å². The highest BCUT2D eigenvalue weighted by Gasteiger charge is 2.25. The summed E-state index contributed by atoms with van der Waals surface area (Å²) >= 11 is 0. The van der Waals surface area contributed by atoms with Crippen LogP contribution in [0.3, 0.4) is 0 Å². The van der Waals surface area contributed by atoms with Gasteiger partial charge in [0.15, 0.2) is 0 Å². The molecule has 0 aliphatic heterocycles. The number of pyridine rings is 2. The van der Waals surface area contributed by atoms with Crippen LogP contribution >= 0.6 is 0 Å². The number of nitrogens with zero attached hydrogens (tertiary/aromatic N) is 2. The lowest BCUT2D eigenvalue weighted by atomic mass is 9.82. The van der Waals surface area contributed by atoms with E-state index in [4.69, 9.17) is 9.97 Å². The third-order valence-corrected chi connectivity index (χ3v) is 21.7. The van der Waals surface area contributed by atoms with E-state index in [1.807, 2.05) is 12.4 Å². The smallest absolute Gasteiger partial charge is 0.0717 e. The lowest BCUT2D eigenvalue weighted by molar-refractivity contribution is 0.589. The molecule has 0 fully saturated rings. The molecule has 2 nitrogen and oxygen atoms in total. The van der Waals surface area contributed by atoms with Crippen LogP contribution in [0, 0.1) is 0 Å². The number of fused-ring (bicyclic) bond motifs is 6. The monoisotopic (exact) mass is 1370 g/mol. The first-order chi connectivity index (χ1) is 50.1. The minimum Gasteiger partial charge on any atom is -0.256 e. The molecule has 2 heteroatoms. The van der Waals surface area contributed by atoms with E-state index in [9.17, 15) is 0 Å². The van der Waals surface area contributed by atoms with E-state index in [-0.39, 0.29) is 16.2 Å². The Hall–Kier alpha value is -10.3. The van der Waals surface area contributed by atoms with Crippen molar-refractivity contribution in [3.05, 3.63) is 312 Å². The molecular formula is C103H106N2. The fraction of sp³-hybridized carbons (Fsp3) is 0.262. The molecule has 15 aromatic rings. The summed E-state index contributed by atoms with van der Waals surface area (Å²) in [6.45, 7) is 43.2. The van der Waals surface area contributed by atoms with Crippen LogP contribution in [-0.4, -0.2) is 9.97 Å². The maximum Gasteiger partial charge on any atom is 0.0717 e. The zero-order chi connectivity index (χ0) is 74.4. The fourth-order valence-electron chi connectivity index (χ4n) is 15.4. The summed E-state index contributed by atoms with van der Waals surface area (Å²) in [5.41, 5.74) is 26.2. The molecule has 0 N–H and O–H groups in total. The van der Waals surface area contributed by atoms with E-state index in [1.54, 1.807) is 0 Å². The van der Waals surface area contributed by atoms with Crippen LogP contribution in [0.4, 0.5) is 0 Å². The van der Waals surface area contributed by atoms with Crippen molar-refractivity contribution >= 4 is 64.6 Å². The van der Waals surface area contributed by atoms with Crippen LogP contribution in [-0.2, 0) is 16.2 Å². The number of benzene rings is 13. The lowest BCUT2D eigenvalue weighted by Gasteiger charge is -2.22. The van der Waals surface area contributed by atoms with E-state index in [0.717, 1.165) is 11.4 Å². The van der Waals surface area contributed by atoms with Crippen molar-refractivity contribution in [1.29, 1.82) is 0 Å². The van der Waals surface area contributed by atoms with E-state index in [0.29, 0.717) is 29.6 Å². The molecule has 0 aliphatic carbocycles. The minimum atomic E-state index is 0.0561. The molecule has 105 heavy (non-hydrogen) atoms. The summed E-state index contributed by atoms with van der Waals surface area (Å²) in [5, 5.41) is 15.4. The van der Waals surface area contributed by atoms with Crippen LogP contribution in [0.25, 0.3) is 132 Å². The Morgan fingerprint density at radius 3 is 0.648 bits per heavy atom. The lowest BCUT2D eigenvalue weighted by Crippen LogP contribution is -2.11. The molecule has 0 aliphatic rings. The Kier molecular flexibility index (Phi) is 20.7. The molecule has 0 saturated heterocycles. The van der Waals surface area contributed by atoms with Gasteiger partial charge in [0.1, 0.15) is 0 Å². The van der Waals surface area contributed by atoms with Crippen molar-refractivity contribution in [1.82, 2.24) is 9.97 Å². The van der Waals surface area contributed by atoms with Gasteiger partial charge in [-0.05, 0) is 224 Å². The van der Waals surface area contributed by atoms with Crippen LogP contribution < -0.4 is 0 Å². The standard InChI is InChI=1S/C38H42.C33H32.C32H32N2/c1-23(2)27-17-28(24(3)4)20-31(19-27)37-33-13-9-11-15-35(33)38(36-16-12-10-14-34(36)37)32-21-29(25(5)6)18-30(22-32)26(7)8;1-22(2)23-14-16-24(17-15-23)31-27-10-6-8-12-29(27)32(30-13-9-7-11-28(30)31)25-18-20-26(21-19-25)33(3,4)5;1-31(2,3)21-15-17-33-27(19-21)29-23-11-7-9-13-25(23)30(26-14-10-8-12-24(26)29)28-20-22(16-18-34-28)32(4,5)6/h9-26H,1-8H3;6-22H,1-5H3;7-20H,1-6H3. The van der Waals surface area contributed by atoms with E-state index in [1.165, 1.54) is 165 Å². The van der Waals surface area contributed by atoms with Gasteiger partial charge in [0.25, 0.3) is 0 Å². The summed E-state index contributed by atoms with van der Waals surface area (Å²) in [4.78, 5) is 9.71. The summed E-state index contributed by atoms with van der Waals surface area (Å²) in [6, 6.07) is 94.9. The maximum atomic E-state index is 4.86. The largest absolute Gasteiger partial charge is 0.256 e.